The SMILES string of the molecule is O=C(Cn1ncc2cc([N+](=O)[O-])ccc21)NCc1cccnc1. The van der Waals surface area contributed by atoms with Crippen LogP contribution in [0, 0.1) is 10.1 Å². The predicted octanol–water partition coefficient (Wildman–Crippen LogP) is 1.66. The van der Waals surface area contributed by atoms with Crippen LogP contribution in [-0.4, -0.2) is 25.6 Å². The van der Waals surface area contributed by atoms with Crippen LogP contribution in [0.2, 0.25) is 0 Å². The number of nitrogens with zero attached hydrogens (tertiary/aromatic N) is 4. The lowest BCUT2D eigenvalue weighted by atomic mass is 10.2. The van der Waals surface area contributed by atoms with Gasteiger partial charge in [-0.1, -0.05) is 6.07 Å². The maximum Gasteiger partial charge on any atom is 0.270 e. The molecule has 2 heterocycles. The monoisotopic (exact) mass is 311 g/mol. The van der Waals surface area contributed by atoms with Gasteiger partial charge in [0.25, 0.3) is 5.69 Å². The van der Waals surface area contributed by atoms with E-state index in [1.54, 1.807) is 24.5 Å². The van der Waals surface area contributed by atoms with Crippen molar-refractivity contribution in [2.45, 2.75) is 13.1 Å². The summed E-state index contributed by atoms with van der Waals surface area (Å²) < 4.78 is 1.51. The largest absolute Gasteiger partial charge is 0.350 e. The molecule has 0 aliphatic carbocycles. The number of fused-ring (bicyclic) bond motifs is 1. The number of non-ortho nitro benzene ring substituents is 1. The molecule has 0 unspecified atom stereocenters. The maximum atomic E-state index is 12.0. The zero-order valence-corrected chi connectivity index (χ0v) is 12.0. The first-order valence-corrected chi connectivity index (χ1v) is 6.89. The summed E-state index contributed by atoms with van der Waals surface area (Å²) in [5.41, 5.74) is 1.58. The van der Waals surface area contributed by atoms with Crippen molar-refractivity contribution >= 4 is 22.5 Å². The molecule has 0 bridgehead atoms. The van der Waals surface area contributed by atoms with E-state index < -0.39 is 4.92 Å². The first-order valence-electron chi connectivity index (χ1n) is 6.89. The van der Waals surface area contributed by atoms with Crippen molar-refractivity contribution in [2.75, 3.05) is 0 Å². The molecular weight excluding hydrogens is 298 g/mol. The normalized spacial score (nSPS) is 10.6. The van der Waals surface area contributed by atoms with Crippen LogP contribution >= 0.6 is 0 Å². The van der Waals surface area contributed by atoms with E-state index in [9.17, 15) is 14.9 Å². The highest BCUT2D eigenvalue weighted by atomic mass is 16.6. The molecule has 2 aromatic heterocycles. The van der Waals surface area contributed by atoms with E-state index >= 15 is 0 Å². The fourth-order valence-corrected chi connectivity index (χ4v) is 2.21. The van der Waals surface area contributed by atoms with Gasteiger partial charge < -0.3 is 5.32 Å². The Balaban J connectivity index is 1.69. The van der Waals surface area contributed by atoms with E-state index in [0.717, 1.165) is 5.56 Å². The molecule has 0 radical (unpaired) electrons. The summed E-state index contributed by atoms with van der Waals surface area (Å²) in [6, 6.07) is 8.10. The lowest BCUT2D eigenvalue weighted by molar-refractivity contribution is -0.384. The van der Waals surface area contributed by atoms with E-state index in [0.29, 0.717) is 17.4 Å². The van der Waals surface area contributed by atoms with Crippen molar-refractivity contribution in [1.82, 2.24) is 20.1 Å². The molecule has 3 rings (SSSR count). The van der Waals surface area contributed by atoms with Gasteiger partial charge in [0.1, 0.15) is 6.54 Å². The average Bonchev–Trinajstić information content (AvgIpc) is 2.96. The lowest BCUT2D eigenvalue weighted by Gasteiger charge is -2.06. The van der Waals surface area contributed by atoms with Crippen molar-refractivity contribution in [3.8, 4) is 0 Å². The van der Waals surface area contributed by atoms with Gasteiger partial charge >= 0.3 is 0 Å². The summed E-state index contributed by atoms with van der Waals surface area (Å²) in [4.78, 5) is 26.3. The van der Waals surface area contributed by atoms with Crippen LogP contribution in [0.15, 0.2) is 48.9 Å². The lowest BCUT2D eigenvalue weighted by Crippen LogP contribution is -2.27. The van der Waals surface area contributed by atoms with Crippen LogP contribution in [0.5, 0.6) is 0 Å². The summed E-state index contributed by atoms with van der Waals surface area (Å²) >= 11 is 0. The molecule has 0 aliphatic heterocycles. The Morgan fingerprint density at radius 3 is 2.91 bits per heavy atom. The second-order valence-electron chi connectivity index (χ2n) is 4.94. The summed E-state index contributed by atoms with van der Waals surface area (Å²) in [6.45, 7) is 0.429. The third-order valence-corrected chi connectivity index (χ3v) is 3.34. The summed E-state index contributed by atoms with van der Waals surface area (Å²) in [6.07, 6.45) is 4.86. The minimum absolute atomic E-state index is 0.00178. The molecule has 0 fully saturated rings. The number of nitrogens with one attached hydrogen (secondary N) is 1. The minimum Gasteiger partial charge on any atom is -0.350 e. The van der Waals surface area contributed by atoms with Crippen molar-refractivity contribution in [2.24, 2.45) is 0 Å². The Hall–Kier alpha value is -3.29. The summed E-state index contributed by atoms with van der Waals surface area (Å²) in [7, 11) is 0. The first-order chi connectivity index (χ1) is 11.1. The van der Waals surface area contributed by atoms with E-state index in [-0.39, 0.29) is 18.1 Å². The third-order valence-electron chi connectivity index (χ3n) is 3.34. The predicted molar refractivity (Wildman–Crippen MR) is 82.5 cm³/mol. The number of rotatable bonds is 5. The number of pyridine rings is 1. The molecule has 1 aromatic carbocycles. The fourth-order valence-electron chi connectivity index (χ4n) is 2.21. The summed E-state index contributed by atoms with van der Waals surface area (Å²) in [5.74, 6) is -0.197. The topological polar surface area (TPSA) is 103 Å². The quantitative estimate of drug-likeness (QED) is 0.570. The molecule has 0 aliphatic rings. The van der Waals surface area contributed by atoms with Crippen molar-refractivity contribution in [1.29, 1.82) is 0 Å². The molecule has 0 spiro atoms. The zero-order valence-electron chi connectivity index (χ0n) is 12.0. The second kappa shape index (κ2) is 6.22. The Morgan fingerprint density at radius 2 is 2.17 bits per heavy atom. The number of nitro groups is 1. The fraction of sp³-hybridized carbons (Fsp3) is 0.133. The molecule has 0 saturated carbocycles. The van der Waals surface area contributed by atoms with Gasteiger partial charge in [-0.15, -0.1) is 0 Å². The van der Waals surface area contributed by atoms with Crippen LogP contribution in [0.25, 0.3) is 10.9 Å². The van der Waals surface area contributed by atoms with Crippen LogP contribution in [0.1, 0.15) is 5.56 Å². The highest BCUT2D eigenvalue weighted by molar-refractivity contribution is 5.83. The number of hydrogen-bond acceptors (Lipinski definition) is 5. The van der Waals surface area contributed by atoms with Crippen LogP contribution in [-0.2, 0) is 17.9 Å². The number of aromatic nitrogens is 3. The number of benzene rings is 1. The molecule has 8 nitrogen and oxygen atoms in total. The van der Waals surface area contributed by atoms with Crippen LogP contribution < -0.4 is 5.32 Å². The highest BCUT2D eigenvalue weighted by Crippen LogP contribution is 2.20. The first kappa shape index (κ1) is 14.6. The van der Waals surface area contributed by atoms with E-state index in [4.69, 9.17) is 0 Å². The molecule has 1 amide bonds. The Kier molecular flexibility index (Phi) is 3.96. The molecule has 23 heavy (non-hydrogen) atoms. The van der Waals surface area contributed by atoms with Gasteiger partial charge in [0.05, 0.1) is 16.6 Å². The standard InChI is InChI=1S/C15H13N5O3/c21-15(17-8-11-2-1-5-16-7-11)10-19-14-4-3-13(20(22)23)6-12(14)9-18-19/h1-7,9H,8,10H2,(H,17,21). The third kappa shape index (κ3) is 3.31. The molecule has 1 N–H and O–H groups in total. The van der Waals surface area contributed by atoms with Crippen molar-refractivity contribution < 1.29 is 9.72 Å². The smallest absolute Gasteiger partial charge is 0.270 e. The van der Waals surface area contributed by atoms with Gasteiger partial charge in [-0.2, -0.15) is 5.10 Å². The molecule has 8 heteroatoms. The van der Waals surface area contributed by atoms with Gasteiger partial charge in [0, 0.05) is 36.5 Å². The van der Waals surface area contributed by atoms with E-state index in [2.05, 4.69) is 15.4 Å². The number of nitro benzene ring substituents is 1. The average molecular weight is 311 g/mol. The van der Waals surface area contributed by atoms with Gasteiger partial charge in [-0.3, -0.25) is 24.6 Å². The number of hydrogen-bond donors (Lipinski definition) is 1. The van der Waals surface area contributed by atoms with Gasteiger partial charge in [-0.25, -0.2) is 0 Å². The molecule has 0 atom stereocenters. The summed E-state index contributed by atoms with van der Waals surface area (Å²) in [5, 5.41) is 18.3. The molecular formula is C15H13N5O3. The van der Waals surface area contributed by atoms with Gasteiger partial charge in [0.2, 0.25) is 5.91 Å². The number of carbonyl (C=O) groups is 1. The minimum atomic E-state index is -0.461. The van der Waals surface area contributed by atoms with Crippen molar-refractivity contribution in [3.05, 3.63) is 64.6 Å². The maximum absolute atomic E-state index is 12.0. The Bertz CT molecular complexity index is 860. The molecule has 3 aromatic rings. The van der Waals surface area contributed by atoms with Gasteiger partial charge in [-0.05, 0) is 17.7 Å². The van der Waals surface area contributed by atoms with Crippen LogP contribution in [0.4, 0.5) is 5.69 Å². The second-order valence-corrected chi connectivity index (χ2v) is 4.94. The number of carbonyl (C=O) groups excluding carboxylic acids is 1. The molecule has 116 valence electrons. The Labute approximate surface area is 130 Å². The number of amides is 1. The van der Waals surface area contributed by atoms with Crippen molar-refractivity contribution in [3.63, 3.8) is 0 Å². The Morgan fingerprint density at radius 1 is 1.30 bits per heavy atom. The van der Waals surface area contributed by atoms with E-state index in [1.807, 2.05) is 6.07 Å². The van der Waals surface area contributed by atoms with Crippen LogP contribution in [0.3, 0.4) is 0 Å². The van der Waals surface area contributed by atoms with Gasteiger partial charge in [0.15, 0.2) is 0 Å². The molecule has 0 saturated heterocycles. The highest BCUT2D eigenvalue weighted by Gasteiger charge is 2.11. The zero-order chi connectivity index (χ0) is 16.2. The van der Waals surface area contributed by atoms with E-state index in [1.165, 1.54) is 23.0 Å².